The van der Waals surface area contributed by atoms with Crippen LogP contribution < -0.4 is 10.0 Å². The van der Waals surface area contributed by atoms with Crippen LogP contribution in [0.5, 0.6) is 0 Å². The summed E-state index contributed by atoms with van der Waals surface area (Å²) in [4.78, 5) is 15.5. The van der Waals surface area contributed by atoms with Crippen molar-refractivity contribution in [2.24, 2.45) is 5.92 Å². The third-order valence-corrected chi connectivity index (χ3v) is 6.12. The highest BCUT2D eigenvalue weighted by Crippen LogP contribution is 2.31. The van der Waals surface area contributed by atoms with Crippen LogP contribution in [0.1, 0.15) is 24.4 Å². The topological polar surface area (TPSA) is 107 Å². The van der Waals surface area contributed by atoms with Crippen molar-refractivity contribution in [2.45, 2.75) is 23.8 Å². The van der Waals surface area contributed by atoms with Gasteiger partial charge in [0, 0.05) is 31.3 Å². The Morgan fingerprint density at radius 3 is 2.54 bits per heavy atom. The first-order valence-corrected chi connectivity index (χ1v) is 10.4. The van der Waals surface area contributed by atoms with E-state index in [9.17, 15) is 13.2 Å². The number of amides is 1. The van der Waals surface area contributed by atoms with E-state index in [1.54, 1.807) is 18.5 Å². The predicted octanol–water partition coefficient (Wildman–Crippen LogP) is 2.71. The Morgan fingerprint density at radius 1 is 1.21 bits per heavy atom. The maximum absolute atomic E-state index is 13.0. The first-order valence-electron chi connectivity index (χ1n) is 8.94. The maximum atomic E-state index is 13.0. The van der Waals surface area contributed by atoms with Crippen molar-refractivity contribution in [2.75, 3.05) is 25.6 Å². The van der Waals surface area contributed by atoms with Gasteiger partial charge < -0.3 is 9.47 Å². The first kappa shape index (κ1) is 20.2. The van der Waals surface area contributed by atoms with Crippen molar-refractivity contribution in [3.63, 3.8) is 0 Å². The Bertz CT molecular complexity index is 882. The van der Waals surface area contributed by atoms with E-state index in [-0.39, 0.29) is 10.8 Å². The second kappa shape index (κ2) is 9.13. The third-order valence-electron chi connectivity index (χ3n) is 4.66. The lowest BCUT2D eigenvalue weighted by atomic mass is 9.88. The highest BCUT2D eigenvalue weighted by atomic mass is 32.2. The van der Waals surface area contributed by atoms with Gasteiger partial charge in [0.25, 0.3) is 0 Å². The van der Waals surface area contributed by atoms with E-state index in [0.29, 0.717) is 18.9 Å². The minimum absolute atomic E-state index is 0.115. The lowest BCUT2D eigenvalue weighted by Crippen LogP contribution is -2.36. The van der Waals surface area contributed by atoms with Crippen LogP contribution in [0.4, 0.5) is 10.5 Å². The highest BCUT2D eigenvalue weighted by molar-refractivity contribution is 7.89. The summed E-state index contributed by atoms with van der Waals surface area (Å²) in [6, 6.07) is 9.19. The number of sulfonamides is 1. The summed E-state index contributed by atoms with van der Waals surface area (Å²) in [6.45, 7) is 1.22. The van der Waals surface area contributed by atoms with E-state index in [1.807, 2.05) is 6.07 Å². The Morgan fingerprint density at radius 2 is 1.93 bits per heavy atom. The number of benzene rings is 1. The van der Waals surface area contributed by atoms with Crippen LogP contribution in [0.2, 0.25) is 0 Å². The molecule has 8 nitrogen and oxygen atoms in total. The molecule has 1 amide bonds. The van der Waals surface area contributed by atoms with Crippen molar-refractivity contribution >= 4 is 21.8 Å². The minimum Gasteiger partial charge on any atom is -0.453 e. The van der Waals surface area contributed by atoms with Gasteiger partial charge in [-0.3, -0.25) is 10.3 Å². The molecule has 28 heavy (non-hydrogen) atoms. The molecule has 1 saturated heterocycles. The Labute approximate surface area is 164 Å². The van der Waals surface area contributed by atoms with Crippen LogP contribution in [-0.2, 0) is 19.5 Å². The second-order valence-corrected chi connectivity index (χ2v) is 8.19. The largest absolute Gasteiger partial charge is 0.453 e. The fourth-order valence-corrected chi connectivity index (χ4v) is 4.46. The molecular formula is C19H23N3O5S. The van der Waals surface area contributed by atoms with Gasteiger partial charge in [0.2, 0.25) is 10.0 Å². The van der Waals surface area contributed by atoms with Crippen molar-refractivity contribution in [3.8, 4) is 0 Å². The number of nitrogens with zero attached hydrogens (tertiary/aromatic N) is 1. The zero-order valence-electron chi connectivity index (χ0n) is 15.5. The summed E-state index contributed by atoms with van der Waals surface area (Å²) in [5.41, 5.74) is 1.26. The molecule has 2 heterocycles. The van der Waals surface area contributed by atoms with Gasteiger partial charge in [0.15, 0.2) is 0 Å². The van der Waals surface area contributed by atoms with Crippen LogP contribution in [0.25, 0.3) is 0 Å². The molecule has 1 aromatic carbocycles. The zero-order chi connectivity index (χ0) is 20.0. The smallest absolute Gasteiger partial charge is 0.411 e. The van der Waals surface area contributed by atoms with Crippen LogP contribution in [0.15, 0.2) is 53.7 Å². The predicted molar refractivity (Wildman–Crippen MR) is 103 cm³/mol. The van der Waals surface area contributed by atoms with Crippen LogP contribution in [0, 0.1) is 5.92 Å². The Kier molecular flexibility index (Phi) is 6.61. The lowest BCUT2D eigenvalue weighted by molar-refractivity contribution is 0.0564. The average Bonchev–Trinajstić information content (AvgIpc) is 2.73. The van der Waals surface area contributed by atoms with Crippen molar-refractivity contribution in [3.05, 3.63) is 54.4 Å². The number of anilines is 1. The fraction of sp³-hybridized carbons (Fsp3) is 0.368. The van der Waals surface area contributed by atoms with E-state index in [2.05, 4.69) is 19.8 Å². The first-order chi connectivity index (χ1) is 13.5. The minimum atomic E-state index is -3.77. The molecule has 2 aromatic rings. The second-order valence-electron chi connectivity index (χ2n) is 6.48. The molecule has 150 valence electrons. The van der Waals surface area contributed by atoms with E-state index < -0.39 is 22.2 Å². The fourth-order valence-electron chi connectivity index (χ4n) is 3.17. The SMILES string of the molecule is COC(=O)Nc1ccc(S(=O)(=O)NC(c2cccnc2)C2CCOCC2)cc1. The van der Waals surface area contributed by atoms with Gasteiger partial charge in [0.1, 0.15) is 0 Å². The van der Waals surface area contributed by atoms with Crippen LogP contribution in [0.3, 0.4) is 0 Å². The molecule has 0 bridgehead atoms. The van der Waals surface area contributed by atoms with Crippen molar-refractivity contribution < 1.29 is 22.7 Å². The molecule has 1 aliphatic heterocycles. The number of carbonyl (C=O) groups excluding carboxylic acids is 1. The van der Waals surface area contributed by atoms with E-state index in [4.69, 9.17) is 4.74 Å². The highest BCUT2D eigenvalue weighted by Gasteiger charge is 2.30. The molecule has 1 aromatic heterocycles. The van der Waals surface area contributed by atoms with E-state index >= 15 is 0 Å². The molecule has 0 spiro atoms. The number of methoxy groups -OCH3 is 1. The van der Waals surface area contributed by atoms with Gasteiger partial charge in [-0.1, -0.05) is 6.07 Å². The molecule has 1 fully saturated rings. The summed E-state index contributed by atoms with van der Waals surface area (Å²) in [6.07, 6.45) is 4.26. The zero-order valence-corrected chi connectivity index (χ0v) is 16.3. The standard InChI is InChI=1S/C19H23N3O5S/c1-26-19(23)21-16-4-6-17(7-5-16)28(24,25)22-18(14-8-11-27-12-9-14)15-3-2-10-20-13-15/h2-7,10,13-14,18,22H,8-9,11-12H2,1H3,(H,21,23). The number of carbonyl (C=O) groups is 1. The molecule has 2 N–H and O–H groups in total. The number of hydrogen-bond donors (Lipinski definition) is 2. The summed E-state index contributed by atoms with van der Waals surface area (Å²) in [5, 5.41) is 2.49. The van der Waals surface area contributed by atoms with Crippen LogP contribution in [-0.4, -0.2) is 39.8 Å². The molecule has 0 radical (unpaired) electrons. The summed E-state index contributed by atoms with van der Waals surface area (Å²) < 4.78 is 38.7. The molecule has 3 rings (SSSR count). The molecule has 0 aliphatic carbocycles. The molecule has 1 unspecified atom stereocenters. The monoisotopic (exact) mass is 405 g/mol. The molecular weight excluding hydrogens is 382 g/mol. The molecule has 0 saturated carbocycles. The van der Waals surface area contributed by atoms with Crippen molar-refractivity contribution in [1.29, 1.82) is 0 Å². The number of pyridine rings is 1. The van der Waals surface area contributed by atoms with Gasteiger partial charge in [-0.25, -0.2) is 17.9 Å². The Hall–Kier alpha value is -2.49. The normalized spacial score (nSPS) is 16.3. The quantitative estimate of drug-likeness (QED) is 0.765. The maximum Gasteiger partial charge on any atom is 0.411 e. The number of rotatable bonds is 6. The molecule has 1 atom stereocenters. The average molecular weight is 405 g/mol. The summed E-state index contributed by atoms with van der Waals surface area (Å²) in [7, 11) is -2.51. The van der Waals surface area contributed by atoms with Gasteiger partial charge >= 0.3 is 6.09 Å². The lowest BCUT2D eigenvalue weighted by Gasteiger charge is -2.31. The number of hydrogen-bond acceptors (Lipinski definition) is 6. The number of nitrogens with one attached hydrogen (secondary N) is 2. The van der Waals surface area contributed by atoms with Crippen LogP contribution >= 0.6 is 0 Å². The third kappa shape index (κ3) is 5.06. The molecule has 1 aliphatic rings. The van der Waals surface area contributed by atoms with Gasteiger partial charge in [-0.2, -0.15) is 0 Å². The van der Waals surface area contributed by atoms with Gasteiger partial charge in [0.05, 0.1) is 18.0 Å². The van der Waals surface area contributed by atoms with Gasteiger partial charge in [-0.05, 0) is 54.7 Å². The van der Waals surface area contributed by atoms with Crippen molar-refractivity contribution in [1.82, 2.24) is 9.71 Å². The molecule has 9 heteroatoms. The van der Waals surface area contributed by atoms with E-state index in [0.717, 1.165) is 18.4 Å². The summed E-state index contributed by atoms with van der Waals surface area (Å²) in [5.74, 6) is 0.119. The summed E-state index contributed by atoms with van der Waals surface area (Å²) >= 11 is 0. The Balaban J connectivity index is 1.81. The van der Waals surface area contributed by atoms with Gasteiger partial charge in [-0.15, -0.1) is 0 Å². The number of aromatic nitrogens is 1. The number of ether oxygens (including phenoxy) is 2. The van der Waals surface area contributed by atoms with E-state index in [1.165, 1.54) is 31.4 Å².